The van der Waals surface area contributed by atoms with Crippen molar-refractivity contribution in [2.75, 3.05) is 5.32 Å². The average Bonchev–Trinajstić information content (AvgIpc) is 2.77. The second-order valence-corrected chi connectivity index (χ2v) is 7.43. The van der Waals surface area contributed by atoms with Crippen molar-refractivity contribution in [1.29, 1.82) is 5.26 Å². The Balaban J connectivity index is 1.73. The SMILES string of the molecule is N#Cc1c(NC(=S)NC(=O)c2ccc(F)c(F)c2)sc2c1CCCCC2. The molecule has 1 aliphatic carbocycles. The molecule has 1 heterocycles. The number of hydrogen-bond acceptors (Lipinski definition) is 4. The number of fused-ring (bicyclic) bond motifs is 1. The molecular weight excluding hydrogens is 376 g/mol. The first-order chi connectivity index (χ1) is 12.5. The van der Waals surface area contributed by atoms with Gasteiger partial charge in [-0.15, -0.1) is 11.3 Å². The van der Waals surface area contributed by atoms with E-state index in [2.05, 4.69) is 16.7 Å². The average molecular weight is 391 g/mol. The van der Waals surface area contributed by atoms with E-state index < -0.39 is 17.5 Å². The molecule has 134 valence electrons. The Morgan fingerprint density at radius 1 is 1.19 bits per heavy atom. The Morgan fingerprint density at radius 3 is 2.69 bits per heavy atom. The minimum Gasteiger partial charge on any atom is -0.323 e. The summed E-state index contributed by atoms with van der Waals surface area (Å²) in [4.78, 5) is 13.3. The highest BCUT2D eigenvalue weighted by Gasteiger charge is 2.21. The molecule has 26 heavy (non-hydrogen) atoms. The molecule has 8 heteroatoms. The number of nitriles is 1. The van der Waals surface area contributed by atoms with Gasteiger partial charge in [0.05, 0.1) is 5.56 Å². The molecule has 2 N–H and O–H groups in total. The summed E-state index contributed by atoms with van der Waals surface area (Å²) in [5.74, 6) is -2.79. The summed E-state index contributed by atoms with van der Waals surface area (Å²) >= 11 is 6.61. The van der Waals surface area contributed by atoms with Crippen LogP contribution in [-0.2, 0) is 12.8 Å². The molecule has 3 rings (SSSR count). The van der Waals surface area contributed by atoms with Gasteiger partial charge in [-0.25, -0.2) is 8.78 Å². The molecule has 0 saturated heterocycles. The van der Waals surface area contributed by atoms with Crippen molar-refractivity contribution in [2.45, 2.75) is 32.1 Å². The lowest BCUT2D eigenvalue weighted by molar-refractivity contribution is 0.0977. The van der Waals surface area contributed by atoms with E-state index in [1.54, 1.807) is 0 Å². The van der Waals surface area contributed by atoms with Crippen LogP contribution in [0.25, 0.3) is 0 Å². The number of nitrogens with one attached hydrogen (secondary N) is 2. The Hall–Kier alpha value is -2.37. The van der Waals surface area contributed by atoms with Gasteiger partial charge in [0.2, 0.25) is 0 Å². The lowest BCUT2D eigenvalue weighted by Gasteiger charge is -2.09. The van der Waals surface area contributed by atoms with Crippen molar-refractivity contribution in [3.05, 3.63) is 51.4 Å². The molecule has 1 amide bonds. The molecule has 4 nitrogen and oxygen atoms in total. The molecule has 2 aromatic rings. The van der Waals surface area contributed by atoms with Gasteiger partial charge in [0.25, 0.3) is 5.91 Å². The van der Waals surface area contributed by atoms with Crippen LogP contribution in [0.5, 0.6) is 0 Å². The minimum absolute atomic E-state index is 0.00708. The molecule has 1 aromatic heterocycles. The van der Waals surface area contributed by atoms with Gasteiger partial charge in [0, 0.05) is 10.4 Å². The second-order valence-electron chi connectivity index (χ2n) is 5.92. The van der Waals surface area contributed by atoms with Gasteiger partial charge in [-0.05, 0) is 61.7 Å². The smallest absolute Gasteiger partial charge is 0.257 e. The van der Waals surface area contributed by atoms with Crippen molar-refractivity contribution in [3.63, 3.8) is 0 Å². The topological polar surface area (TPSA) is 64.9 Å². The van der Waals surface area contributed by atoms with Crippen molar-refractivity contribution in [2.24, 2.45) is 0 Å². The Morgan fingerprint density at radius 2 is 1.96 bits per heavy atom. The summed E-state index contributed by atoms with van der Waals surface area (Å²) in [6, 6.07) is 5.08. The predicted molar refractivity (Wildman–Crippen MR) is 100 cm³/mol. The van der Waals surface area contributed by atoms with Gasteiger partial charge in [-0.1, -0.05) is 6.42 Å². The van der Waals surface area contributed by atoms with Crippen molar-refractivity contribution in [3.8, 4) is 6.07 Å². The number of halogens is 2. The Kier molecular flexibility index (Phi) is 5.59. The summed E-state index contributed by atoms with van der Waals surface area (Å²) in [6.07, 6.45) is 5.09. The highest BCUT2D eigenvalue weighted by molar-refractivity contribution is 7.80. The maximum absolute atomic E-state index is 13.2. The number of rotatable bonds is 2. The van der Waals surface area contributed by atoms with E-state index in [0.717, 1.165) is 49.8 Å². The van der Waals surface area contributed by atoms with E-state index >= 15 is 0 Å². The highest BCUT2D eigenvalue weighted by Crippen LogP contribution is 2.36. The van der Waals surface area contributed by atoms with Crippen LogP contribution in [-0.4, -0.2) is 11.0 Å². The fourth-order valence-corrected chi connectivity index (χ4v) is 4.40. The third-order valence-electron chi connectivity index (χ3n) is 4.17. The first-order valence-corrected chi connectivity index (χ1v) is 9.34. The van der Waals surface area contributed by atoms with E-state index in [4.69, 9.17) is 12.2 Å². The van der Waals surface area contributed by atoms with Crippen LogP contribution in [0.2, 0.25) is 0 Å². The first-order valence-electron chi connectivity index (χ1n) is 8.11. The molecule has 1 aliphatic rings. The van der Waals surface area contributed by atoms with Crippen molar-refractivity contribution >= 4 is 39.6 Å². The number of anilines is 1. The van der Waals surface area contributed by atoms with Crippen LogP contribution >= 0.6 is 23.6 Å². The Bertz CT molecular complexity index is 918. The van der Waals surface area contributed by atoms with Gasteiger partial charge < -0.3 is 5.32 Å². The van der Waals surface area contributed by atoms with Gasteiger partial charge in [-0.2, -0.15) is 5.26 Å². The number of nitrogens with zero attached hydrogens (tertiary/aromatic N) is 1. The van der Waals surface area contributed by atoms with Crippen LogP contribution in [0.3, 0.4) is 0 Å². The van der Waals surface area contributed by atoms with Crippen LogP contribution in [0.4, 0.5) is 13.8 Å². The zero-order valence-corrected chi connectivity index (χ0v) is 15.3. The number of thiocarbonyl (C=S) groups is 1. The molecule has 0 fully saturated rings. The van der Waals surface area contributed by atoms with Gasteiger partial charge in [0.15, 0.2) is 16.7 Å². The molecule has 1 aromatic carbocycles. The van der Waals surface area contributed by atoms with E-state index in [1.807, 2.05) is 0 Å². The molecule has 0 radical (unpaired) electrons. The number of amides is 1. The van der Waals surface area contributed by atoms with Gasteiger partial charge >= 0.3 is 0 Å². The summed E-state index contributed by atoms with van der Waals surface area (Å²) in [6.45, 7) is 0. The van der Waals surface area contributed by atoms with E-state index in [9.17, 15) is 18.8 Å². The van der Waals surface area contributed by atoms with Crippen molar-refractivity contribution < 1.29 is 13.6 Å². The predicted octanol–water partition coefficient (Wildman–Crippen LogP) is 4.29. The maximum Gasteiger partial charge on any atom is 0.257 e. The summed E-state index contributed by atoms with van der Waals surface area (Å²) in [7, 11) is 0. The summed E-state index contributed by atoms with van der Waals surface area (Å²) in [5.41, 5.74) is 1.58. The number of carbonyl (C=O) groups is 1. The number of carbonyl (C=O) groups excluding carboxylic acids is 1. The summed E-state index contributed by atoms with van der Waals surface area (Å²) in [5, 5.41) is 15.4. The fraction of sp³-hybridized carbons (Fsp3) is 0.278. The van der Waals surface area contributed by atoms with Crippen LogP contribution in [0.1, 0.15) is 45.6 Å². The number of benzene rings is 1. The highest BCUT2D eigenvalue weighted by atomic mass is 32.1. The fourth-order valence-electron chi connectivity index (χ4n) is 2.90. The normalized spacial score (nSPS) is 13.3. The number of aryl methyl sites for hydroxylation is 1. The number of hydrogen-bond donors (Lipinski definition) is 2. The molecule has 0 spiro atoms. The Labute approximate surface area is 158 Å². The second kappa shape index (κ2) is 7.89. The first kappa shape index (κ1) is 18.4. The zero-order chi connectivity index (χ0) is 18.7. The third kappa shape index (κ3) is 3.89. The van der Waals surface area contributed by atoms with Crippen molar-refractivity contribution in [1.82, 2.24) is 5.32 Å². The maximum atomic E-state index is 13.2. The number of thiophene rings is 1. The van der Waals surface area contributed by atoms with Crippen LogP contribution in [0, 0.1) is 23.0 Å². The van der Waals surface area contributed by atoms with E-state index in [1.165, 1.54) is 22.3 Å². The standard InChI is InChI=1S/C18H15F2N3OS2/c19-13-7-6-10(8-14(13)20)16(24)22-18(25)23-17-12(9-21)11-4-2-1-3-5-15(11)26-17/h6-8H,1-5H2,(H2,22,23,24,25). The molecular formula is C18H15F2N3OS2. The van der Waals surface area contributed by atoms with Crippen LogP contribution < -0.4 is 10.6 Å². The lowest BCUT2D eigenvalue weighted by atomic mass is 10.1. The largest absolute Gasteiger partial charge is 0.323 e. The molecule has 0 unspecified atom stereocenters. The molecule has 0 atom stereocenters. The molecule has 0 saturated carbocycles. The summed E-state index contributed by atoms with van der Waals surface area (Å²) < 4.78 is 26.2. The van der Waals surface area contributed by atoms with Crippen LogP contribution in [0.15, 0.2) is 18.2 Å². The lowest BCUT2D eigenvalue weighted by Crippen LogP contribution is -2.34. The molecule has 0 bridgehead atoms. The third-order valence-corrected chi connectivity index (χ3v) is 5.58. The zero-order valence-electron chi connectivity index (χ0n) is 13.7. The van der Waals surface area contributed by atoms with E-state index in [0.29, 0.717) is 10.6 Å². The minimum atomic E-state index is -1.11. The van der Waals surface area contributed by atoms with Gasteiger partial charge in [-0.3, -0.25) is 10.1 Å². The quantitative estimate of drug-likeness (QED) is 0.592. The van der Waals surface area contributed by atoms with Gasteiger partial charge in [0.1, 0.15) is 11.1 Å². The van der Waals surface area contributed by atoms with E-state index in [-0.39, 0.29) is 10.7 Å². The molecule has 0 aliphatic heterocycles. The monoisotopic (exact) mass is 391 g/mol.